The summed E-state index contributed by atoms with van der Waals surface area (Å²) in [5.74, 6) is -0.0984. The number of nitrogens with zero attached hydrogens (tertiary/aromatic N) is 3. The molecule has 0 bridgehead atoms. The molecule has 2 aromatic rings. The molecule has 0 saturated heterocycles. The van der Waals surface area contributed by atoms with Crippen molar-refractivity contribution in [3.63, 3.8) is 0 Å². The Bertz CT molecular complexity index is 1070. The van der Waals surface area contributed by atoms with Gasteiger partial charge in [0.1, 0.15) is 10.9 Å². The van der Waals surface area contributed by atoms with Crippen molar-refractivity contribution < 1.29 is 4.79 Å². The first-order valence-electron chi connectivity index (χ1n) is 10.0. The maximum Gasteiger partial charge on any atom is 0.246 e. The van der Waals surface area contributed by atoms with Crippen LogP contribution in [0.3, 0.4) is 0 Å². The number of hydrogen-bond donors (Lipinski definition) is 0. The Balaban J connectivity index is 2.12. The second kappa shape index (κ2) is 10.00. The van der Waals surface area contributed by atoms with Crippen LogP contribution >= 0.6 is 11.3 Å². The van der Waals surface area contributed by atoms with Gasteiger partial charge in [-0.05, 0) is 42.7 Å². The number of thiophene rings is 1. The van der Waals surface area contributed by atoms with Crippen molar-refractivity contribution in [3.8, 4) is 6.07 Å². The summed E-state index contributed by atoms with van der Waals surface area (Å²) in [6, 6.07) is 8.25. The molecule has 0 aromatic carbocycles. The average molecular weight is 416 g/mol. The van der Waals surface area contributed by atoms with Gasteiger partial charge in [-0.3, -0.25) is 9.78 Å². The molecule has 1 atom stereocenters. The van der Waals surface area contributed by atoms with Gasteiger partial charge in [0.2, 0.25) is 5.91 Å². The summed E-state index contributed by atoms with van der Waals surface area (Å²) in [4.78, 5) is 20.4. The van der Waals surface area contributed by atoms with Gasteiger partial charge in [-0.1, -0.05) is 49.9 Å². The van der Waals surface area contributed by atoms with E-state index in [1.54, 1.807) is 4.90 Å². The van der Waals surface area contributed by atoms with Crippen molar-refractivity contribution >= 4 is 22.8 Å². The van der Waals surface area contributed by atoms with E-state index in [9.17, 15) is 10.1 Å². The maximum absolute atomic E-state index is 12.4. The molecule has 1 aliphatic rings. The Morgan fingerprint density at radius 1 is 1.47 bits per heavy atom. The third-order valence-electron chi connectivity index (χ3n) is 5.09. The highest BCUT2D eigenvalue weighted by Crippen LogP contribution is 2.37. The lowest BCUT2D eigenvalue weighted by molar-refractivity contribution is -0.127. The number of rotatable bonds is 6. The highest BCUT2D eigenvalue weighted by molar-refractivity contribution is 7.12. The summed E-state index contributed by atoms with van der Waals surface area (Å²) in [6.45, 7) is 8.80. The van der Waals surface area contributed by atoms with Crippen LogP contribution in [0, 0.1) is 11.3 Å². The summed E-state index contributed by atoms with van der Waals surface area (Å²) in [6.07, 6.45) is 14.3. The van der Waals surface area contributed by atoms with E-state index in [0.29, 0.717) is 18.0 Å². The molecule has 4 nitrogen and oxygen atoms in total. The van der Waals surface area contributed by atoms with Crippen LogP contribution in [-0.4, -0.2) is 22.3 Å². The van der Waals surface area contributed by atoms with Gasteiger partial charge in [0.05, 0.1) is 6.54 Å². The molecular formula is C25H25N3OS. The highest BCUT2D eigenvalue weighted by Gasteiger charge is 2.28. The van der Waals surface area contributed by atoms with Gasteiger partial charge in [0.25, 0.3) is 0 Å². The standard InChI is InChI=1S/C25H25N3OS/c1-4-7-8-10-18(21-11-9-12-27-23(21)5-2)13-19-16-28(25(29)6-3)17-24-22(19)14-20(15-26)30-24/h4,6-14,19H,3,5,16-17H2,1-2H3/b7-4-,10-8-,18-13-/t19-/m0/s1. The van der Waals surface area contributed by atoms with Crippen molar-refractivity contribution in [2.24, 2.45) is 0 Å². The minimum absolute atomic E-state index is 0.00818. The SMILES string of the molecule is C=CC(=O)N1Cc2sc(C#N)cc2[C@@H](/C=C(/C=C\C=C/C)c2cccnc2CC)C1. The lowest BCUT2D eigenvalue weighted by Gasteiger charge is -2.31. The number of carbonyl (C=O) groups excluding carboxylic acids is 1. The number of fused-ring (bicyclic) bond motifs is 1. The van der Waals surface area contributed by atoms with Crippen LogP contribution in [0.1, 0.15) is 46.3 Å². The van der Waals surface area contributed by atoms with Crippen LogP contribution < -0.4 is 0 Å². The average Bonchev–Trinajstić information content (AvgIpc) is 3.21. The normalized spacial score (nSPS) is 16.6. The fourth-order valence-electron chi connectivity index (χ4n) is 3.65. The van der Waals surface area contributed by atoms with Crippen LogP contribution in [0.2, 0.25) is 0 Å². The topological polar surface area (TPSA) is 57.0 Å². The second-order valence-electron chi connectivity index (χ2n) is 6.99. The Labute approximate surface area is 182 Å². The fraction of sp³-hybridized carbons (Fsp3) is 0.240. The van der Waals surface area contributed by atoms with Crippen LogP contribution in [0.5, 0.6) is 0 Å². The van der Waals surface area contributed by atoms with E-state index in [-0.39, 0.29) is 11.8 Å². The largest absolute Gasteiger partial charge is 0.333 e. The predicted molar refractivity (Wildman–Crippen MR) is 123 cm³/mol. The Kier molecular flexibility index (Phi) is 7.16. The van der Waals surface area contributed by atoms with E-state index < -0.39 is 0 Å². The number of nitriles is 1. The van der Waals surface area contributed by atoms with Gasteiger partial charge in [0, 0.05) is 34.8 Å². The highest BCUT2D eigenvalue weighted by atomic mass is 32.1. The molecule has 3 heterocycles. The van der Waals surface area contributed by atoms with Gasteiger partial charge in [-0.25, -0.2) is 0 Å². The molecule has 0 fully saturated rings. The molecule has 1 amide bonds. The molecule has 0 radical (unpaired) electrons. The molecule has 0 spiro atoms. The number of pyridine rings is 1. The van der Waals surface area contributed by atoms with E-state index in [1.165, 1.54) is 17.4 Å². The van der Waals surface area contributed by atoms with Crippen molar-refractivity contribution in [2.45, 2.75) is 32.7 Å². The number of hydrogen-bond acceptors (Lipinski definition) is 4. The lowest BCUT2D eigenvalue weighted by Crippen LogP contribution is -2.36. The minimum atomic E-state index is -0.0902. The van der Waals surface area contributed by atoms with Crippen molar-refractivity contribution in [1.82, 2.24) is 9.88 Å². The van der Waals surface area contributed by atoms with E-state index >= 15 is 0 Å². The fourth-order valence-corrected chi connectivity index (χ4v) is 4.70. The third kappa shape index (κ3) is 4.67. The smallest absolute Gasteiger partial charge is 0.246 e. The number of allylic oxidation sites excluding steroid dienone is 5. The number of amides is 1. The van der Waals surface area contributed by atoms with Gasteiger partial charge in [-0.2, -0.15) is 5.26 Å². The maximum atomic E-state index is 12.4. The van der Waals surface area contributed by atoms with Gasteiger partial charge in [-0.15, -0.1) is 11.3 Å². The molecule has 0 aliphatic carbocycles. The second-order valence-corrected chi connectivity index (χ2v) is 8.13. The van der Waals surface area contributed by atoms with Crippen LogP contribution in [-0.2, 0) is 17.8 Å². The lowest BCUT2D eigenvalue weighted by atomic mass is 9.90. The molecule has 1 aliphatic heterocycles. The van der Waals surface area contributed by atoms with Crippen LogP contribution in [0.15, 0.2) is 67.4 Å². The first-order valence-corrected chi connectivity index (χ1v) is 10.8. The number of aromatic nitrogens is 1. The van der Waals surface area contributed by atoms with Gasteiger partial charge in [0.15, 0.2) is 0 Å². The summed E-state index contributed by atoms with van der Waals surface area (Å²) in [7, 11) is 0. The molecule has 0 saturated carbocycles. The summed E-state index contributed by atoms with van der Waals surface area (Å²) in [5.41, 5.74) is 4.31. The Morgan fingerprint density at radius 2 is 2.30 bits per heavy atom. The first-order chi connectivity index (χ1) is 14.6. The number of carbonyl (C=O) groups is 1. The summed E-state index contributed by atoms with van der Waals surface area (Å²) in [5, 5.41) is 9.39. The molecule has 0 unspecified atom stereocenters. The van der Waals surface area contributed by atoms with E-state index in [0.717, 1.165) is 33.7 Å². The van der Waals surface area contributed by atoms with Crippen molar-refractivity contribution in [1.29, 1.82) is 5.26 Å². The molecule has 30 heavy (non-hydrogen) atoms. The quantitative estimate of drug-likeness (QED) is 0.468. The van der Waals surface area contributed by atoms with E-state index in [2.05, 4.69) is 42.8 Å². The van der Waals surface area contributed by atoms with Crippen molar-refractivity contribution in [2.75, 3.05) is 6.54 Å². The molecule has 0 N–H and O–H groups in total. The monoisotopic (exact) mass is 415 g/mol. The minimum Gasteiger partial charge on any atom is -0.333 e. The van der Waals surface area contributed by atoms with Gasteiger partial charge < -0.3 is 4.90 Å². The van der Waals surface area contributed by atoms with Crippen LogP contribution in [0.4, 0.5) is 0 Å². The van der Waals surface area contributed by atoms with E-state index in [1.807, 2.05) is 43.5 Å². The third-order valence-corrected chi connectivity index (χ3v) is 6.13. The molecule has 3 rings (SSSR count). The Morgan fingerprint density at radius 3 is 3.00 bits per heavy atom. The zero-order chi connectivity index (χ0) is 21.5. The molecule has 152 valence electrons. The summed E-state index contributed by atoms with van der Waals surface area (Å²) >= 11 is 1.46. The Hall–Kier alpha value is -3.23. The van der Waals surface area contributed by atoms with Gasteiger partial charge >= 0.3 is 0 Å². The molecular weight excluding hydrogens is 390 g/mol. The zero-order valence-corrected chi connectivity index (χ0v) is 18.2. The zero-order valence-electron chi connectivity index (χ0n) is 17.3. The van der Waals surface area contributed by atoms with Crippen molar-refractivity contribution in [3.05, 3.63) is 94.0 Å². The van der Waals surface area contributed by atoms with Crippen LogP contribution in [0.25, 0.3) is 5.57 Å². The predicted octanol–water partition coefficient (Wildman–Crippen LogP) is 5.40. The summed E-state index contributed by atoms with van der Waals surface area (Å²) < 4.78 is 0. The molecule has 5 heteroatoms. The first kappa shape index (κ1) is 21.5. The molecule has 2 aromatic heterocycles. The van der Waals surface area contributed by atoms with E-state index in [4.69, 9.17) is 0 Å². The number of aryl methyl sites for hydroxylation is 1.